The molecule has 0 aromatic carbocycles. The van der Waals surface area contributed by atoms with Gasteiger partial charge in [0.15, 0.2) is 0 Å². The van der Waals surface area contributed by atoms with E-state index in [9.17, 15) is 0 Å². The van der Waals surface area contributed by atoms with E-state index in [0.29, 0.717) is 12.2 Å². The minimum absolute atomic E-state index is 0.296. The van der Waals surface area contributed by atoms with Gasteiger partial charge in [0.05, 0.1) is 17.9 Å². The second-order valence-corrected chi connectivity index (χ2v) is 4.53. The van der Waals surface area contributed by atoms with Gasteiger partial charge in [0.25, 0.3) is 0 Å². The highest BCUT2D eigenvalue weighted by Gasteiger charge is 2.22. The van der Waals surface area contributed by atoms with E-state index in [-0.39, 0.29) is 0 Å². The Kier molecular flexibility index (Phi) is 3.41. The summed E-state index contributed by atoms with van der Waals surface area (Å²) >= 11 is 0. The Morgan fingerprint density at radius 2 is 2.12 bits per heavy atom. The maximum absolute atomic E-state index is 5.74. The SMILES string of the molecule is C[C@@H]1CN(Cc2cc(N)ccn2)C[C@H](C)O1. The smallest absolute Gasteiger partial charge is 0.0678 e. The van der Waals surface area contributed by atoms with Crippen molar-refractivity contribution < 1.29 is 4.74 Å². The van der Waals surface area contributed by atoms with Gasteiger partial charge in [-0.15, -0.1) is 0 Å². The highest BCUT2D eigenvalue weighted by atomic mass is 16.5. The second-order valence-electron chi connectivity index (χ2n) is 4.53. The zero-order valence-electron chi connectivity index (χ0n) is 9.89. The quantitative estimate of drug-likeness (QED) is 0.817. The van der Waals surface area contributed by atoms with Gasteiger partial charge in [-0.25, -0.2) is 0 Å². The number of nitrogen functional groups attached to an aromatic ring is 1. The molecule has 16 heavy (non-hydrogen) atoms. The molecule has 4 nitrogen and oxygen atoms in total. The third-order valence-corrected chi connectivity index (χ3v) is 2.72. The number of pyridine rings is 1. The van der Waals surface area contributed by atoms with Crippen LogP contribution in [0.1, 0.15) is 19.5 Å². The van der Waals surface area contributed by atoms with Crippen molar-refractivity contribution in [2.24, 2.45) is 0 Å². The highest BCUT2D eigenvalue weighted by molar-refractivity contribution is 5.37. The number of morpholine rings is 1. The highest BCUT2D eigenvalue weighted by Crippen LogP contribution is 2.14. The van der Waals surface area contributed by atoms with Crippen molar-refractivity contribution in [3.8, 4) is 0 Å². The van der Waals surface area contributed by atoms with E-state index in [0.717, 1.165) is 31.0 Å². The number of hydrogen-bond donors (Lipinski definition) is 1. The Balaban J connectivity index is 1.98. The van der Waals surface area contributed by atoms with Crippen molar-refractivity contribution in [3.05, 3.63) is 24.0 Å². The molecule has 1 saturated heterocycles. The number of nitrogens with zero attached hydrogens (tertiary/aromatic N) is 2. The minimum atomic E-state index is 0.296. The molecule has 2 N–H and O–H groups in total. The first-order valence-electron chi connectivity index (χ1n) is 5.71. The topological polar surface area (TPSA) is 51.4 Å². The molecule has 1 aliphatic heterocycles. The van der Waals surface area contributed by atoms with Crippen molar-refractivity contribution in [1.29, 1.82) is 0 Å². The number of ether oxygens (including phenoxy) is 1. The summed E-state index contributed by atoms with van der Waals surface area (Å²) in [6.45, 7) is 6.98. The maximum Gasteiger partial charge on any atom is 0.0678 e. The number of anilines is 1. The van der Waals surface area contributed by atoms with Gasteiger partial charge in [-0.2, -0.15) is 0 Å². The summed E-state index contributed by atoms with van der Waals surface area (Å²) < 4.78 is 5.69. The van der Waals surface area contributed by atoms with Crippen LogP contribution < -0.4 is 5.73 Å². The third-order valence-electron chi connectivity index (χ3n) is 2.72. The monoisotopic (exact) mass is 221 g/mol. The molecule has 0 amide bonds. The van der Waals surface area contributed by atoms with Gasteiger partial charge in [-0.1, -0.05) is 0 Å². The number of nitrogens with two attached hydrogens (primary N) is 1. The van der Waals surface area contributed by atoms with E-state index in [1.807, 2.05) is 12.1 Å². The largest absolute Gasteiger partial charge is 0.399 e. The summed E-state index contributed by atoms with van der Waals surface area (Å²) in [4.78, 5) is 6.68. The van der Waals surface area contributed by atoms with Crippen LogP contribution >= 0.6 is 0 Å². The van der Waals surface area contributed by atoms with Gasteiger partial charge >= 0.3 is 0 Å². The van der Waals surface area contributed by atoms with Crippen molar-refractivity contribution in [1.82, 2.24) is 9.88 Å². The lowest BCUT2D eigenvalue weighted by Crippen LogP contribution is -2.44. The Morgan fingerprint density at radius 1 is 1.44 bits per heavy atom. The van der Waals surface area contributed by atoms with E-state index < -0.39 is 0 Å². The molecule has 0 saturated carbocycles. The Bertz CT molecular complexity index is 346. The summed E-state index contributed by atoms with van der Waals surface area (Å²) in [5.41, 5.74) is 7.54. The molecule has 88 valence electrons. The molecule has 0 bridgehead atoms. The Morgan fingerprint density at radius 3 is 2.75 bits per heavy atom. The van der Waals surface area contributed by atoms with Crippen LogP contribution in [0.5, 0.6) is 0 Å². The molecule has 1 aromatic rings. The minimum Gasteiger partial charge on any atom is -0.399 e. The molecule has 1 aromatic heterocycles. The van der Waals surface area contributed by atoms with Crippen LogP contribution in [0.15, 0.2) is 18.3 Å². The molecule has 1 aliphatic rings. The average Bonchev–Trinajstić information content (AvgIpc) is 2.15. The molecule has 2 atom stereocenters. The fourth-order valence-corrected chi connectivity index (χ4v) is 2.23. The Labute approximate surface area is 96.4 Å². The fraction of sp³-hybridized carbons (Fsp3) is 0.583. The van der Waals surface area contributed by atoms with Crippen LogP contribution in [0, 0.1) is 0 Å². The second kappa shape index (κ2) is 4.80. The number of aromatic nitrogens is 1. The molecule has 0 spiro atoms. The molecular weight excluding hydrogens is 202 g/mol. The predicted octanol–water partition coefficient (Wildman–Crippen LogP) is 1.27. The van der Waals surface area contributed by atoms with Gasteiger partial charge in [-0.05, 0) is 26.0 Å². The van der Waals surface area contributed by atoms with Crippen molar-refractivity contribution in [2.75, 3.05) is 18.8 Å². The molecule has 1 fully saturated rings. The van der Waals surface area contributed by atoms with Gasteiger partial charge in [0.2, 0.25) is 0 Å². The summed E-state index contributed by atoms with van der Waals surface area (Å²) in [6, 6.07) is 3.75. The maximum atomic E-state index is 5.74. The molecular formula is C12H19N3O. The zero-order valence-corrected chi connectivity index (χ0v) is 9.89. The average molecular weight is 221 g/mol. The molecule has 0 radical (unpaired) electrons. The van der Waals surface area contributed by atoms with Crippen molar-refractivity contribution in [3.63, 3.8) is 0 Å². The van der Waals surface area contributed by atoms with Crippen LogP contribution in [0.3, 0.4) is 0 Å². The third kappa shape index (κ3) is 2.93. The van der Waals surface area contributed by atoms with E-state index in [1.54, 1.807) is 6.20 Å². The summed E-state index contributed by atoms with van der Waals surface area (Å²) in [5, 5.41) is 0. The lowest BCUT2D eigenvalue weighted by molar-refractivity contribution is -0.0707. The fourth-order valence-electron chi connectivity index (χ4n) is 2.23. The zero-order chi connectivity index (χ0) is 11.5. The van der Waals surface area contributed by atoms with E-state index in [4.69, 9.17) is 10.5 Å². The first kappa shape index (κ1) is 11.4. The normalized spacial score (nSPS) is 26.9. The molecule has 4 heteroatoms. The summed E-state index contributed by atoms with van der Waals surface area (Å²) in [7, 11) is 0. The summed E-state index contributed by atoms with van der Waals surface area (Å²) in [6.07, 6.45) is 2.35. The van der Waals surface area contributed by atoms with Crippen LogP contribution in [0.25, 0.3) is 0 Å². The van der Waals surface area contributed by atoms with Crippen LogP contribution in [0.2, 0.25) is 0 Å². The van der Waals surface area contributed by atoms with Crippen LogP contribution in [-0.4, -0.2) is 35.2 Å². The van der Waals surface area contributed by atoms with Crippen LogP contribution in [0.4, 0.5) is 5.69 Å². The van der Waals surface area contributed by atoms with E-state index in [2.05, 4.69) is 23.7 Å². The number of hydrogen-bond acceptors (Lipinski definition) is 4. The van der Waals surface area contributed by atoms with E-state index >= 15 is 0 Å². The standard InChI is InChI=1S/C12H19N3O/c1-9-6-15(7-10(2)16-9)8-12-5-11(13)3-4-14-12/h3-5,9-10H,6-8H2,1-2H3,(H2,13,14)/t9-,10+. The molecule has 0 aliphatic carbocycles. The van der Waals surface area contributed by atoms with E-state index in [1.165, 1.54) is 0 Å². The van der Waals surface area contributed by atoms with Crippen molar-refractivity contribution >= 4 is 5.69 Å². The van der Waals surface area contributed by atoms with Gasteiger partial charge in [-0.3, -0.25) is 9.88 Å². The molecule has 2 rings (SSSR count). The van der Waals surface area contributed by atoms with Gasteiger partial charge in [0.1, 0.15) is 0 Å². The lowest BCUT2D eigenvalue weighted by atomic mass is 10.2. The first-order valence-corrected chi connectivity index (χ1v) is 5.71. The molecule has 2 heterocycles. The lowest BCUT2D eigenvalue weighted by Gasteiger charge is -2.35. The van der Waals surface area contributed by atoms with Gasteiger partial charge in [0, 0.05) is 31.5 Å². The van der Waals surface area contributed by atoms with Crippen LogP contribution in [-0.2, 0) is 11.3 Å². The molecule has 0 unspecified atom stereocenters. The van der Waals surface area contributed by atoms with Crippen molar-refractivity contribution in [2.45, 2.75) is 32.6 Å². The summed E-state index contributed by atoms with van der Waals surface area (Å²) in [5.74, 6) is 0. The first-order chi connectivity index (χ1) is 7.63. The predicted molar refractivity (Wildman–Crippen MR) is 63.9 cm³/mol. The Hall–Kier alpha value is -1.13. The number of rotatable bonds is 2. The van der Waals surface area contributed by atoms with Gasteiger partial charge < -0.3 is 10.5 Å².